The average molecular weight is 235 g/mol. The molecule has 0 unspecified atom stereocenters. The predicted octanol–water partition coefficient (Wildman–Crippen LogP) is 2.21. The number of aryl methyl sites for hydroxylation is 1. The van der Waals surface area contributed by atoms with Crippen LogP contribution in [0.15, 0.2) is 30.9 Å². The van der Waals surface area contributed by atoms with Crippen LogP contribution in [0.3, 0.4) is 0 Å². The Morgan fingerprint density at radius 2 is 2.29 bits per heavy atom. The zero-order valence-corrected chi connectivity index (χ0v) is 9.40. The number of benzene rings is 1. The molecule has 0 atom stereocenters. The zero-order valence-electron chi connectivity index (χ0n) is 9.40. The molecule has 0 spiro atoms. The van der Waals surface area contributed by atoms with Gasteiger partial charge in [-0.2, -0.15) is 0 Å². The van der Waals surface area contributed by atoms with Crippen molar-refractivity contribution >= 4 is 17.4 Å². The summed E-state index contributed by atoms with van der Waals surface area (Å²) < 4.78 is 0. The molecule has 2 amide bonds. The number of urea groups is 1. The molecular weight excluding hydrogens is 222 g/mol. The van der Waals surface area contributed by atoms with Gasteiger partial charge in [0, 0.05) is 23.9 Å². The van der Waals surface area contributed by atoms with E-state index < -0.39 is 11.0 Å². The molecule has 0 aliphatic carbocycles. The Labute approximate surface area is 98.5 Å². The normalized spacial score (nSPS) is 9.47. The van der Waals surface area contributed by atoms with E-state index in [1.165, 1.54) is 12.1 Å². The minimum absolute atomic E-state index is 0.0217. The fraction of sp³-hybridized carbons (Fsp3) is 0.182. The summed E-state index contributed by atoms with van der Waals surface area (Å²) in [7, 11) is 0. The molecule has 0 saturated carbocycles. The Morgan fingerprint density at radius 1 is 1.59 bits per heavy atom. The molecular formula is C11H13N3O3. The molecule has 1 aromatic carbocycles. The summed E-state index contributed by atoms with van der Waals surface area (Å²) in [5.41, 5.74) is 0.905. The zero-order chi connectivity index (χ0) is 12.8. The van der Waals surface area contributed by atoms with Crippen molar-refractivity contribution < 1.29 is 9.72 Å². The van der Waals surface area contributed by atoms with Gasteiger partial charge in [0.2, 0.25) is 0 Å². The van der Waals surface area contributed by atoms with Crippen molar-refractivity contribution in [1.29, 1.82) is 0 Å². The van der Waals surface area contributed by atoms with Crippen LogP contribution in [0.5, 0.6) is 0 Å². The van der Waals surface area contributed by atoms with Crippen LogP contribution >= 0.6 is 0 Å². The molecule has 17 heavy (non-hydrogen) atoms. The average Bonchev–Trinajstić information content (AvgIpc) is 2.28. The number of hydrogen-bond donors (Lipinski definition) is 2. The molecule has 0 aromatic heterocycles. The van der Waals surface area contributed by atoms with Gasteiger partial charge in [-0.3, -0.25) is 10.1 Å². The standard InChI is InChI=1S/C11H13N3O3/c1-3-6-12-11(15)13-9-5-4-8(2)10(7-9)14(16)17/h3-5,7H,1,6H2,2H3,(H2,12,13,15). The predicted molar refractivity (Wildman–Crippen MR) is 65.1 cm³/mol. The van der Waals surface area contributed by atoms with E-state index in [-0.39, 0.29) is 5.69 Å². The minimum Gasteiger partial charge on any atom is -0.334 e. The maximum absolute atomic E-state index is 11.3. The highest BCUT2D eigenvalue weighted by Crippen LogP contribution is 2.21. The van der Waals surface area contributed by atoms with Crippen LogP contribution in [0.25, 0.3) is 0 Å². The first-order valence-electron chi connectivity index (χ1n) is 4.95. The quantitative estimate of drug-likeness (QED) is 0.476. The number of nitro benzene ring substituents is 1. The Bertz CT molecular complexity index is 457. The highest BCUT2D eigenvalue weighted by Gasteiger charge is 2.11. The third kappa shape index (κ3) is 3.60. The van der Waals surface area contributed by atoms with Crippen molar-refractivity contribution in [2.24, 2.45) is 0 Å². The summed E-state index contributed by atoms with van der Waals surface area (Å²) >= 11 is 0. The van der Waals surface area contributed by atoms with E-state index in [4.69, 9.17) is 0 Å². The summed E-state index contributed by atoms with van der Waals surface area (Å²) in [6.45, 7) is 5.43. The number of carbonyl (C=O) groups is 1. The first kappa shape index (κ1) is 12.7. The highest BCUT2D eigenvalue weighted by molar-refractivity contribution is 5.89. The van der Waals surface area contributed by atoms with Gasteiger partial charge in [0.25, 0.3) is 5.69 Å². The molecule has 0 heterocycles. The van der Waals surface area contributed by atoms with Crippen molar-refractivity contribution in [3.05, 3.63) is 46.5 Å². The van der Waals surface area contributed by atoms with E-state index in [0.29, 0.717) is 17.8 Å². The third-order valence-electron chi connectivity index (χ3n) is 2.07. The van der Waals surface area contributed by atoms with Crippen LogP contribution in [-0.4, -0.2) is 17.5 Å². The summed E-state index contributed by atoms with van der Waals surface area (Å²) in [6.07, 6.45) is 1.54. The molecule has 0 bridgehead atoms. The second kappa shape index (κ2) is 5.64. The summed E-state index contributed by atoms with van der Waals surface area (Å²) in [4.78, 5) is 21.5. The Hall–Kier alpha value is -2.37. The van der Waals surface area contributed by atoms with E-state index in [2.05, 4.69) is 17.2 Å². The van der Waals surface area contributed by atoms with Gasteiger partial charge in [0.05, 0.1) is 4.92 Å². The van der Waals surface area contributed by atoms with Crippen LogP contribution in [0.4, 0.5) is 16.2 Å². The number of amides is 2. The lowest BCUT2D eigenvalue weighted by Gasteiger charge is -2.06. The highest BCUT2D eigenvalue weighted by atomic mass is 16.6. The first-order valence-corrected chi connectivity index (χ1v) is 4.95. The fourth-order valence-corrected chi connectivity index (χ4v) is 1.22. The van der Waals surface area contributed by atoms with Gasteiger partial charge in [-0.25, -0.2) is 4.79 Å². The molecule has 1 rings (SSSR count). The van der Waals surface area contributed by atoms with Crippen molar-refractivity contribution in [3.8, 4) is 0 Å². The van der Waals surface area contributed by atoms with Gasteiger partial charge in [0.1, 0.15) is 0 Å². The molecule has 0 saturated heterocycles. The SMILES string of the molecule is C=CCNC(=O)Nc1ccc(C)c([N+](=O)[O-])c1. The summed E-state index contributed by atoms with van der Waals surface area (Å²) in [5, 5.41) is 15.7. The van der Waals surface area contributed by atoms with Gasteiger partial charge in [-0.15, -0.1) is 6.58 Å². The monoisotopic (exact) mass is 235 g/mol. The van der Waals surface area contributed by atoms with Gasteiger partial charge >= 0.3 is 6.03 Å². The van der Waals surface area contributed by atoms with Gasteiger partial charge in [-0.1, -0.05) is 12.1 Å². The lowest BCUT2D eigenvalue weighted by Crippen LogP contribution is -2.28. The van der Waals surface area contributed by atoms with E-state index in [1.807, 2.05) is 0 Å². The summed E-state index contributed by atoms with van der Waals surface area (Å²) in [6, 6.07) is 4.09. The Kier molecular flexibility index (Phi) is 4.21. The van der Waals surface area contributed by atoms with Crippen LogP contribution < -0.4 is 10.6 Å². The maximum atomic E-state index is 11.3. The maximum Gasteiger partial charge on any atom is 0.319 e. The topological polar surface area (TPSA) is 84.3 Å². The number of nitrogens with zero attached hydrogens (tertiary/aromatic N) is 1. The van der Waals surface area contributed by atoms with Crippen molar-refractivity contribution in [3.63, 3.8) is 0 Å². The van der Waals surface area contributed by atoms with Crippen LogP contribution in [0.1, 0.15) is 5.56 Å². The van der Waals surface area contributed by atoms with Gasteiger partial charge < -0.3 is 10.6 Å². The smallest absolute Gasteiger partial charge is 0.319 e. The number of anilines is 1. The second-order valence-electron chi connectivity index (χ2n) is 3.38. The largest absolute Gasteiger partial charge is 0.334 e. The van der Waals surface area contributed by atoms with Crippen LogP contribution in [0.2, 0.25) is 0 Å². The molecule has 6 heteroatoms. The number of hydrogen-bond acceptors (Lipinski definition) is 3. The summed E-state index contributed by atoms with van der Waals surface area (Å²) in [5.74, 6) is 0. The molecule has 90 valence electrons. The number of rotatable bonds is 4. The van der Waals surface area contributed by atoms with Crippen molar-refractivity contribution in [1.82, 2.24) is 5.32 Å². The Balaban J connectivity index is 2.79. The number of carbonyl (C=O) groups excluding carboxylic acids is 1. The molecule has 0 radical (unpaired) electrons. The molecule has 0 fully saturated rings. The van der Waals surface area contributed by atoms with Crippen molar-refractivity contribution in [2.75, 3.05) is 11.9 Å². The van der Waals surface area contributed by atoms with Crippen LogP contribution in [-0.2, 0) is 0 Å². The minimum atomic E-state index is -0.484. The van der Waals surface area contributed by atoms with E-state index in [0.717, 1.165) is 0 Å². The molecule has 1 aromatic rings. The molecule has 0 aliphatic rings. The third-order valence-corrected chi connectivity index (χ3v) is 2.07. The van der Waals surface area contributed by atoms with E-state index in [9.17, 15) is 14.9 Å². The number of nitro groups is 1. The van der Waals surface area contributed by atoms with Crippen molar-refractivity contribution in [2.45, 2.75) is 6.92 Å². The fourth-order valence-electron chi connectivity index (χ4n) is 1.22. The molecule has 6 nitrogen and oxygen atoms in total. The van der Waals surface area contributed by atoms with Gasteiger partial charge in [-0.05, 0) is 13.0 Å². The lowest BCUT2D eigenvalue weighted by molar-refractivity contribution is -0.385. The first-order chi connectivity index (χ1) is 8.04. The molecule has 2 N–H and O–H groups in total. The number of nitrogens with one attached hydrogen (secondary N) is 2. The second-order valence-corrected chi connectivity index (χ2v) is 3.38. The van der Waals surface area contributed by atoms with Crippen LogP contribution in [0, 0.1) is 17.0 Å². The van der Waals surface area contributed by atoms with E-state index in [1.54, 1.807) is 19.1 Å². The lowest BCUT2D eigenvalue weighted by atomic mass is 10.2. The van der Waals surface area contributed by atoms with Gasteiger partial charge in [0.15, 0.2) is 0 Å². The van der Waals surface area contributed by atoms with E-state index >= 15 is 0 Å². The molecule has 0 aliphatic heterocycles. The Morgan fingerprint density at radius 3 is 2.88 bits per heavy atom.